The van der Waals surface area contributed by atoms with E-state index >= 15 is 0 Å². The lowest BCUT2D eigenvalue weighted by Gasteiger charge is -2.38. The van der Waals surface area contributed by atoms with Crippen molar-refractivity contribution in [3.63, 3.8) is 0 Å². The normalized spacial score (nSPS) is 21.3. The minimum atomic E-state index is -2.74. The van der Waals surface area contributed by atoms with Crippen molar-refractivity contribution in [2.45, 2.75) is 5.60 Å². The molecular formula is C11H10N2O8. The van der Waals surface area contributed by atoms with Crippen molar-refractivity contribution in [1.29, 1.82) is 0 Å². The number of urea groups is 1. The van der Waals surface area contributed by atoms with Crippen molar-refractivity contribution in [1.82, 2.24) is 9.80 Å². The van der Waals surface area contributed by atoms with Crippen molar-refractivity contribution in [3.8, 4) is 0 Å². The van der Waals surface area contributed by atoms with Gasteiger partial charge < -0.3 is 14.6 Å². The molecule has 0 radical (unpaired) electrons. The van der Waals surface area contributed by atoms with Gasteiger partial charge in [-0.05, 0) is 0 Å². The third-order valence-corrected chi connectivity index (χ3v) is 3.20. The van der Waals surface area contributed by atoms with Crippen LogP contribution in [0.3, 0.4) is 0 Å². The summed E-state index contributed by atoms with van der Waals surface area (Å²) in [5.74, 6) is -6.48. The van der Waals surface area contributed by atoms with E-state index in [9.17, 15) is 29.1 Å². The van der Waals surface area contributed by atoms with Gasteiger partial charge in [-0.1, -0.05) is 0 Å². The van der Waals surface area contributed by atoms with Crippen LogP contribution in [0.15, 0.2) is 11.3 Å². The van der Waals surface area contributed by atoms with Gasteiger partial charge in [-0.15, -0.1) is 0 Å². The monoisotopic (exact) mass is 298 g/mol. The van der Waals surface area contributed by atoms with Crippen molar-refractivity contribution < 1.29 is 38.6 Å². The number of aliphatic hydroxyl groups is 1. The molecule has 112 valence electrons. The van der Waals surface area contributed by atoms with Gasteiger partial charge in [-0.25, -0.2) is 14.4 Å². The fraction of sp³-hybridized carbons (Fsp3) is 0.364. The first-order chi connectivity index (χ1) is 9.70. The number of aliphatic hydroxyl groups excluding tert-OH is 1. The van der Waals surface area contributed by atoms with Crippen LogP contribution in [0.5, 0.6) is 0 Å². The average molecular weight is 298 g/mol. The molecule has 0 aliphatic carbocycles. The van der Waals surface area contributed by atoms with Gasteiger partial charge in [0.1, 0.15) is 5.57 Å². The highest BCUT2D eigenvalue weighted by molar-refractivity contribution is 6.30. The molecule has 2 rings (SSSR count). The number of carbonyl (C=O) groups excluding carboxylic acids is 5. The first-order valence-corrected chi connectivity index (χ1v) is 5.55. The Labute approximate surface area is 117 Å². The Morgan fingerprint density at radius 1 is 1.14 bits per heavy atom. The summed E-state index contributed by atoms with van der Waals surface area (Å²) in [4.78, 5) is 60.4. The molecule has 1 fully saturated rings. The fourth-order valence-electron chi connectivity index (χ4n) is 2.11. The van der Waals surface area contributed by atoms with Crippen LogP contribution in [-0.2, 0) is 28.7 Å². The van der Waals surface area contributed by atoms with Gasteiger partial charge in [-0.2, -0.15) is 0 Å². The van der Waals surface area contributed by atoms with Gasteiger partial charge in [0.15, 0.2) is 0 Å². The van der Waals surface area contributed by atoms with Crippen LogP contribution in [-0.4, -0.2) is 71.5 Å². The van der Waals surface area contributed by atoms with Crippen molar-refractivity contribution in [2.24, 2.45) is 0 Å². The van der Waals surface area contributed by atoms with Crippen molar-refractivity contribution in [3.05, 3.63) is 11.3 Å². The van der Waals surface area contributed by atoms with Gasteiger partial charge in [0.05, 0.1) is 7.11 Å². The van der Waals surface area contributed by atoms with Gasteiger partial charge in [0.25, 0.3) is 11.8 Å². The Balaban J connectivity index is 2.72. The molecule has 2 aliphatic heterocycles. The molecule has 10 nitrogen and oxygen atoms in total. The number of amides is 4. The highest BCUT2D eigenvalue weighted by atomic mass is 16.6. The summed E-state index contributed by atoms with van der Waals surface area (Å²) < 4.78 is 9.01. The van der Waals surface area contributed by atoms with Crippen LogP contribution < -0.4 is 0 Å². The Morgan fingerprint density at radius 2 is 1.62 bits per heavy atom. The van der Waals surface area contributed by atoms with Gasteiger partial charge in [0.2, 0.25) is 5.76 Å². The highest BCUT2D eigenvalue weighted by Gasteiger charge is 2.68. The third kappa shape index (κ3) is 1.55. The number of barbiturate groups is 1. The molecule has 0 saturated carbocycles. The Hall–Kier alpha value is -2.91. The number of carbonyl (C=O) groups is 5. The zero-order valence-electron chi connectivity index (χ0n) is 11.2. The van der Waals surface area contributed by atoms with E-state index in [1.54, 1.807) is 0 Å². The maximum absolute atomic E-state index is 12.3. The molecule has 2 aliphatic rings. The quantitative estimate of drug-likeness (QED) is 0.448. The van der Waals surface area contributed by atoms with Crippen LogP contribution in [0.25, 0.3) is 0 Å². The fourth-order valence-corrected chi connectivity index (χ4v) is 2.11. The third-order valence-electron chi connectivity index (χ3n) is 3.20. The number of likely N-dealkylation sites (N-methyl/N-ethyl adjacent to an activating group) is 2. The van der Waals surface area contributed by atoms with E-state index in [1.165, 1.54) is 0 Å². The second-order valence-electron chi connectivity index (χ2n) is 4.30. The average Bonchev–Trinajstić information content (AvgIpc) is 2.74. The predicted molar refractivity (Wildman–Crippen MR) is 61.4 cm³/mol. The van der Waals surface area contributed by atoms with E-state index in [0.717, 1.165) is 21.2 Å². The number of imide groups is 2. The van der Waals surface area contributed by atoms with E-state index in [1.807, 2.05) is 0 Å². The summed E-state index contributed by atoms with van der Waals surface area (Å²) in [5.41, 5.74) is -3.69. The second kappa shape index (κ2) is 4.30. The first kappa shape index (κ1) is 14.5. The largest absolute Gasteiger partial charge is 0.501 e. The molecule has 0 aromatic heterocycles. The van der Waals surface area contributed by atoms with E-state index in [4.69, 9.17) is 0 Å². The summed E-state index contributed by atoms with van der Waals surface area (Å²) >= 11 is 0. The molecule has 0 unspecified atom stereocenters. The van der Waals surface area contributed by atoms with E-state index in [2.05, 4.69) is 9.47 Å². The molecule has 21 heavy (non-hydrogen) atoms. The maximum atomic E-state index is 12.3. The molecule has 2 heterocycles. The summed E-state index contributed by atoms with van der Waals surface area (Å²) in [5, 5.41) is 9.63. The minimum absolute atomic E-state index is 0.496. The Kier molecular flexibility index (Phi) is 2.97. The number of esters is 2. The molecule has 0 atom stereocenters. The zero-order chi connectivity index (χ0) is 16.1. The number of hydrogen-bond donors (Lipinski definition) is 1. The summed E-state index contributed by atoms with van der Waals surface area (Å²) in [6, 6.07) is -0.970. The zero-order valence-corrected chi connectivity index (χ0v) is 11.2. The smallest absolute Gasteiger partial charge is 0.376 e. The van der Waals surface area contributed by atoms with Crippen LogP contribution in [0.4, 0.5) is 4.79 Å². The maximum Gasteiger partial charge on any atom is 0.376 e. The number of ether oxygens (including phenoxy) is 2. The second-order valence-corrected chi connectivity index (χ2v) is 4.30. The van der Waals surface area contributed by atoms with E-state index in [-0.39, 0.29) is 0 Å². The summed E-state index contributed by atoms with van der Waals surface area (Å²) in [6.45, 7) is 0. The molecule has 1 spiro atoms. The Bertz CT molecular complexity index is 610. The highest BCUT2D eigenvalue weighted by Crippen LogP contribution is 2.38. The lowest BCUT2D eigenvalue weighted by atomic mass is 9.89. The van der Waals surface area contributed by atoms with Crippen LogP contribution in [0.1, 0.15) is 0 Å². The minimum Gasteiger partial charge on any atom is -0.501 e. The lowest BCUT2D eigenvalue weighted by Crippen LogP contribution is -2.68. The van der Waals surface area contributed by atoms with Gasteiger partial charge >= 0.3 is 23.6 Å². The van der Waals surface area contributed by atoms with E-state index < -0.39 is 46.7 Å². The molecule has 0 aromatic rings. The SMILES string of the molecule is COC(=O)C1=C(O)C(=O)OC12C(=O)N(C)C(=O)N(C)C2=O. The molecule has 0 bridgehead atoms. The van der Waals surface area contributed by atoms with Crippen molar-refractivity contribution in [2.75, 3.05) is 21.2 Å². The van der Waals surface area contributed by atoms with Crippen LogP contribution in [0, 0.1) is 0 Å². The summed E-state index contributed by atoms with van der Waals surface area (Å²) in [6.07, 6.45) is 0. The molecule has 1 N–H and O–H groups in total. The first-order valence-electron chi connectivity index (χ1n) is 5.55. The molecule has 10 heteroatoms. The topological polar surface area (TPSA) is 131 Å². The Morgan fingerprint density at radius 3 is 2.05 bits per heavy atom. The molecule has 4 amide bonds. The number of nitrogens with zero attached hydrogens (tertiary/aromatic N) is 2. The number of methoxy groups -OCH3 is 1. The van der Waals surface area contributed by atoms with Gasteiger partial charge in [-0.3, -0.25) is 19.4 Å². The van der Waals surface area contributed by atoms with Crippen molar-refractivity contribution >= 4 is 29.8 Å². The molecule has 1 saturated heterocycles. The number of hydrogen-bond acceptors (Lipinski definition) is 8. The van der Waals surface area contributed by atoms with E-state index in [0.29, 0.717) is 9.80 Å². The molecular weight excluding hydrogens is 288 g/mol. The van der Waals surface area contributed by atoms with Crippen LogP contribution >= 0.6 is 0 Å². The predicted octanol–water partition coefficient (Wildman–Crippen LogP) is -1.68. The standard InChI is InChI=1S/C11H10N2O8/c1-12-8(17)11(9(18)13(2)10(12)19)4(6(15)20-3)5(14)7(16)21-11/h14H,1-3H3. The lowest BCUT2D eigenvalue weighted by molar-refractivity contribution is -0.176. The van der Waals surface area contributed by atoms with Gasteiger partial charge in [0, 0.05) is 14.1 Å². The number of rotatable bonds is 1. The van der Waals surface area contributed by atoms with Crippen LogP contribution in [0.2, 0.25) is 0 Å². The summed E-state index contributed by atoms with van der Waals surface area (Å²) in [7, 11) is 3.00. The molecule has 0 aromatic carbocycles.